The van der Waals surface area contributed by atoms with Crippen molar-refractivity contribution in [2.75, 3.05) is 0 Å². The zero-order chi connectivity index (χ0) is 12.4. The summed E-state index contributed by atoms with van der Waals surface area (Å²) in [7, 11) is 0. The SMILES string of the molecule is CCCc1nc(C(N)c2cc(C)sc2C)no1. The van der Waals surface area contributed by atoms with Gasteiger partial charge in [-0.05, 0) is 31.9 Å². The Balaban J connectivity index is 2.24. The molecular formula is C12H17N3OS. The van der Waals surface area contributed by atoms with E-state index in [4.69, 9.17) is 10.3 Å². The van der Waals surface area contributed by atoms with Gasteiger partial charge in [-0.1, -0.05) is 12.1 Å². The maximum Gasteiger partial charge on any atom is 0.226 e. The highest BCUT2D eigenvalue weighted by Crippen LogP contribution is 2.27. The summed E-state index contributed by atoms with van der Waals surface area (Å²) >= 11 is 1.74. The van der Waals surface area contributed by atoms with E-state index in [9.17, 15) is 0 Å². The number of rotatable bonds is 4. The molecule has 0 aromatic carbocycles. The number of nitrogens with zero attached hydrogens (tertiary/aromatic N) is 2. The predicted molar refractivity (Wildman–Crippen MR) is 68.1 cm³/mol. The molecule has 2 rings (SSSR count). The largest absolute Gasteiger partial charge is 0.339 e. The highest BCUT2D eigenvalue weighted by atomic mass is 32.1. The molecule has 0 fully saturated rings. The van der Waals surface area contributed by atoms with Crippen LogP contribution >= 0.6 is 11.3 Å². The Hall–Kier alpha value is -1.20. The van der Waals surface area contributed by atoms with Crippen LogP contribution in [0.5, 0.6) is 0 Å². The Morgan fingerprint density at radius 2 is 2.24 bits per heavy atom. The molecule has 0 amide bonds. The number of hydrogen-bond donors (Lipinski definition) is 1. The maximum atomic E-state index is 6.16. The monoisotopic (exact) mass is 251 g/mol. The summed E-state index contributed by atoms with van der Waals surface area (Å²) in [5.74, 6) is 1.25. The van der Waals surface area contributed by atoms with Crippen molar-refractivity contribution in [3.05, 3.63) is 33.1 Å². The number of nitrogens with two attached hydrogens (primary N) is 1. The van der Waals surface area contributed by atoms with E-state index in [1.165, 1.54) is 9.75 Å². The van der Waals surface area contributed by atoms with Crippen molar-refractivity contribution in [2.45, 2.75) is 39.7 Å². The second-order valence-electron chi connectivity index (χ2n) is 4.14. The molecule has 2 heterocycles. The number of hydrogen-bond acceptors (Lipinski definition) is 5. The zero-order valence-corrected chi connectivity index (χ0v) is 11.2. The average Bonchev–Trinajstić information content (AvgIpc) is 2.85. The van der Waals surface area contributed by atoms with Gasteiger partial charge < -0.3 is 10.3 Å². The minimum absolute atomic E-state index is 0.283. The Kier molecular flexibility index (Phi) is 3.59. The van der Waals surface area contributed by atoms with Crippen molar-refractivity contribution < 1.29 is 4.52 Å². The molecule has 0 spiro atoms. The van der Waals surface area contributed by atoms with Crippen molar-refractivity contribution in [3.8, 4) is 0 Å². The molecule has 17 heavy (non-hydrogen) atoms. The second-order valence-corrected chi connectivity index (χ2v) is 5.60. The van der Waals surface area contributed by atoms with Crippen molar-refractivity contribution in [1.29, 1.82) is 0 Å². The Morgan fingerprint density at radius 3 is 2.82 bits per heavy atom. The van der Waals surface area contributed by atoms with Gasteiger partial charge in [-0.2, -0.15) is 4.98 Å². The number of aryl methyl sites for hydroxylation is 3. The lowest BCUT2D eigenvalue weighted by atomic mass is 10.1. The predicted octanol–water partition coefficient (Wildman–Crippen LogP) is 2.75. The average molecular weight is 251 g/mol. The fraction of sp³-hybridized carbons (Fsp3) is 0.500. The molecule has 2 N–H and O–H groups in total. The van der Waals surface area contributed by atoms with Crippen LogP contribution in [0, 0.1) is 13.8 Å². The Labute approximate surface area is 105 Å². The van der Waals surface area contributed by atoms with E-state index in [1.54, 1.807) is 11.3 Å². The van der Waals surface area contributed by atoms with Gasteiger partial charge in [0.25, 0.3) is 0 Å². The minimum Gasteiger partial charge on any atom is -0.339 e. The quantitative estimate of drug-likeness (QED) is 0.907. The first-order valence-corrected chi connectivity index (χ1v) is 6.58. The van der Waals surface area contributed by atoms with E-state index >= 15 is 0 Å². The van der Waals surface area contributed by atoms with Crippen LogP contribution in [-0.4, -0.2) is 10.1 Å². The van der Waals surface area contributed by atoms with Gasteiger partial charge in [0, 0.05) is 16.2 Å². The Morgan fingerprint density at radius 1 is 1.47 bits per heavy atom. The lowest BCUT2D eigenvalue weighted by Gasteiger charge is -2.05. The van der Waals surface area contributed by atoms with Crippen molar-refractivity contribution in [2.24, 2.45) is 5.73 Å². The van der Waals surface area contributed by atoms with E-state index in [0.29, 0.717) is 11.7 Å². The first kappa shape index (κ1) is 12.3. The summed E-state index contributed by atoms with van der Waals surface area (Å²) in [5.41, 5.74) is 7.26. The molecule has 2 aromatic heterocycles. The lowest BCUT2D eigenvalue weighted by molar-refractivity contribution is 0.370. The first-order chi connectivity index (χ1) is 8.11. The summed E-state index contributed by atoms with van der Waals surface area (Å²) in [5, 5.41) is 3.95. The number of aromatic nitrogens is 2. The molecule has 0 aliphatic heterocycles. The molecule has 92 valence electrons. The lowest BCUT2D eigenvalue weighted by Crippen LogP contribution is -2.13. The number of thiophene rings is 1. The normalized spacial score (nSPS) is 12.9. The minimum atomic E-state index is -0.283. The molecule has 0 bridgehead atoms. The van der Waals surface area contributed by atoms with Crippen LogP contribution in [0.25, 0.3) is 0 Å². The first-order valence-electron chi connectivity index (χ1n) is 5.76. The zero-order valence-electron chi connectivity index (χ0n) is 10.4. The van der Waals surface area contributed by atoms with E-state index < -0.39 is 0 Å². The fourth-order valence-corrected chi connectivity index (χ4v) is 2.78. The molecule has 0 aliphatic rings. The fourth-order valence-electron chi connectivity index (χ4n) is 1.81. The standard InChI is InChI=1S/C12H17N3OS/c1-4-5-10-14-12(15-16-10)11(13)9-6-7(2)17-8(9)3/h6,11H,4-5,13H2,1-3H3. The van der Waals surface area contributed by atoms with Crippen LogP contribution in [0.1, 0.15) is 46.4 Å². The second kappa shape index (κ2) is 4.98. The van der Waals surface area contributed by atoms with Crippen LogP contribution in [0.15, 0.2) is 10.6 Å². The van der Waals surface area contributed by atoms with Gasteiger partial charge in [-0.15, -0.1) is 11.3 Å². The van der Waals surface area contributed by atoms with Crippen molar-refractivity contribution in [1.82, 2.24) is 10.1 Å². The van der Waals surface area contributed by atoms with E-state index in [2.05, 4.69) is 37.0 Å². The van der Waals surface area contributed by atoms with Crippen LogP contribution in [0.4, 0.5) is 0 Å². The summed E-state index contributed by atoms with van der Waals surface area (Å²) < 4.78 is 5.16. The summed E-state index contributed by atoms with van der Waals surface area (Å²) in [6.45, 7) is 6.22. The molecule has 0 saturated heterocycles. The molecule has 1 atom stereocenters. The van der Waals surface area contributed by atoms with E-state index in [0.717, 1.165) is 18.4 Å². The molecule has 1 unspecified atom stereocenters. The molecule has 2 aromatic rings. The molecule has 0 aliphatic carbocycles. The smallest absolute Gasteiger partial charge is 0.226 e. The van der Waals surface area contributed by atoms with Gasteiger partial charge in [0.05, 0.1) is 6.04 Å². The topological polar surface area (TPSA) is 64.9 Å². The summed E-state index contributed by atoms with van der Waals surface area (Å²) in [6, 6.07) is 1.81. The van der Waals surface area contributed by atoms with Gasteiger partial charge in [-0.3, -0.25) is 0 Å². The Bertz CT molecular complexity index is 504. The highest BCUT2D eigenvalue weighted by Gasteiger charge is 2.19. The van der Waals surface area contributed by atoms with Gasteiger partial charge in [0.1, 0.15) is 0 Å². The van der Waals surface area contributed by atoms with Crippen molar-refractivity contribution in [3.63, 3.8) is 0 Å². The van der Waals surface area contributed by atoms with Gasteiger partial charge >= 0.3 is 0 Å². The van der Waals surface area contributed by atoms with Crippen LogP contribution < -0.4 is 5.73 Å². The summed E-state index contributed by atoms with van der Waals surface area (Å²) in [6.07, 6.45) is 1.80. The highest BCUT2D eigenvalue weighted by molar-refractivity contribution is 7.12. The van der Waals surface area contributed by atoms with Gasteiger partial charge in [0.15, 0.2) is 5.82 Å². The third-order valence-corrected chi connectivity index (χ3v) is 3.62. The third kappa shape index (κ3) is 2.56. The van der Waals surface area contributed by atoms with Crippen LogP contribution in [-0.2, 0) is 6.42 Å². The molecular weight excluding hydrogens is 234 g/mol. The van der Waals surface area contributed by atoms with E-state index in [1.807, 2.05) is 0 Å². The summed E-state index contributed by atoms with van der Waals surface area (Å²) in [4.78, 5) is 6.80. The maximum absolute atomic E-state index is 6.16. The van der Waals surface area contributed by atoms with Gasteiger partial charge in [0.2, 0.25) is 5.89 Å². The third-order valence-electron chi connectivity index (χ3n) is 2.64. The van der Waals surface area contributed by atoms with Crippen LogP contribution in [0.3, 0.4) is 0 Å². The van der Waals surface area contributed by atoms with Gasteiger partial charge in [-0.25, -0.2) is 0 Å². The molecule has 4 nitrogen and oxygen atoms in total. The van der Waals surface area contributed by atoms with E-state index in [-0.39, 0.29) is 6.04 Å². The molecule has 0 radical (unpaired) electrons. The van der Waals surface area contributed by atoms with Crippen molar-refractivity contribution >= 4 is 11.3 Å². The molecule has 5 heteroatoms. The van der Waals surface area contributed by atoms with Crippen LogP contribution in [0.2, 0.25) is 0 Å². The molecule has 0 saturated carbocycles.